The van der Waals surface area contributed by atoms with E-state index in [1.165, 1.54) is 64.2 Å². The molecule has 2 aliphatic carbocycles. The zero-order chi connectivity index (χ0) is 12.1. The van der Waals surface area contributed by atoms with Gasteiger partial charge in [0.05, 0.1) is 6.10 Å². The van der Waals surface area contributed by atoms with Crippen LogP contribution < -0.4 is 0 Å². The molecular formula is C16H30O. The molecule has 17 heavy (non-hydrogen) atoms. The second-order valence-electron chi connectivity index (χ2n) is 6.52. The Bertz CT molecular complexity index is 208. The Balaban J connectivity index is 1.72. The molecule has 1 N–H and O–H groups in total. The number of aliphatic hydroxyl groups is 1. The highest BCUT2D eigenvalue weighted by molar-refractivity contribution is 4.81. The predicted molar refractivity (Wildman–Crippen MR) is 72.9 cm³/mol. The Hall–Kier alpha value is -0.0400. The molecule has 0 aliphatic heterocycles. The van der Waals surface area contributed by atoms with Gasteiger partial charge in [0, 0.05) is 0 Å². The van der Waals surface area contributed by atoms with E-state index in [0.717, 1.165) is 18.3 Å². The summed E-state index contributed by atoms with van der Waals surface area (Å²) in [5.41, 5.74) is 0. The van der Waals surface area contributed by atoms with Crippen molar-refractivity contribution >= 4 is 0 Å². The van der Waals surface area contributed by atoms with Gasteiger partial charge < -0.3 is 5.11 Å². The highest BCUT2D eigenvalue weighted by atomic mass is 16.3. The maximum Gasteiger partial charge on any atom is 0.0568 e. The number of rotatable bonds is 5. The van der Waals surface area contributed by atoms with Gasteiger partial charge in [-0.1, -0.05) is 51.9 Å². The van der Waals surface area contributed by atoms with Crippen molar-refractivity contribution in [2.75, 3.05) is 0 Å². The zero-order valence-electron chi connectivity index (χ0n) is 11.5. The van der Waals surface area contributed by atoms with E-state index in [1.807, 2.05) is 0 Å². The van der Waals surface area contributed by atoms with Gasteiger partial charge in [0.2, 0.25) is 0 Å². The summed E-state index contributed by atoms with van der Waals surface area (Å²) < 4.78 is 0. The van der Waals surface area contributed by atoms with E-state index in [9.17, 15) is 5.11 Å². The molecule has 2 rings (SSSR count). The van der Waals surface area contributed by atoms with Crippen LogP contribution in [0.5, 0.6) is 0 Å². The van der Waals surface area contributed by atoms with E-state index in [2.05, 4.69) is 6.92 Å². The Labute approximate surface area is 107 Å². The predicted octanol–water partition coefficient (Wildman–Crippen LogP) is 4.53. The van der Waals surface area contributed by atoms with Crippen LogP contribution in [0.15, 0.2) is 0 Å². The van der Waals surface area contributed by atoms with Crippen LogP contribution in [0.3, 0.4) is 0 Å². The molecule has 0 amide bonds. The monoisotopic (exact) mass is 238 g/mol. The molecule has 0 saturated heterocycles. The number of aliphatic hydroxyl groups excluding tert-OH is 1. The highest BCUT2D eigenvalue weighted by Crippen LogP contribution is 2.37. The van der Waals surface area contributed by atoms with Gasteiger partial charge in [-0.25, -0.2) is 0 Å². The molecule has 3 unspecified atom stereocenters. The Morgan fingerprint density at radius 2 is 1.65 bits per heavy atom. The molecule has 3 atom stereocenters. The lowest BCUT2D eigenvalue weighted by Crippen LogP contribution is -2.29. The van der Waals surface area contributed by atoms with Crippen LogP contribution in [-0.2, 0) is 0 Å². The van der Waals surface area contributed by atoms with Crippen LogP contribution in [0.4, 0.5) is 0 Å². The molecule has 1 heteroatoms. The second kappa shape index (κ2) is 6.78. The van der Waals surface area contributed by atoms with E-state index in [0.29, 0.717) is 5.92 Å². The third kappa shape index (κ3) is 3.98. The lowest BCUT2D eigenvalue weighted by Gasteiger charge is -2.34. The Morgan fingerprint density at radius 1 is 0.882 bits per heavy atom. The molecule has 0 aromatic carbocycles. The summed E-state index contributed by atoms with van der Waals surface area (Å²) in [4.78, 5) is 0. The lowest BCUT2D eigenvalue weighted by molar-refractivity contribution is 0.0387. The minimum Gasteiger partial charge on any atom is -0.393 e. The molecule has 0 radical (unpaired) electrons. The van der Waals surface area contributed by atoms with Gasteiger partial charge in [0.15, 0.2) is 0 Å². The molecule has 1 nitrogen and oxygen atoms in total. The maximum absolute atomic E-state index is 10.1. The van der Waals surface area contributed by atoms with Gasteiger partial charge in [-0.05, 0) is 43.4 Å². The van der Waals surface area contributed by atoms with Gasteiger partial charge in [-0.15, -0.1) is 0 Å². The van der Waals surface area contributed by atoms with Crippen molar-refractivity contribution in [3.05, 3.63) is 0 Å². The van der Waals surface area contributed by atoms with E-state index >= 15 is 0 Å². The fraction of sp³-hybridized carbons (Fsp3) is 1.00. The summed E-state index contributed by atoms with van der Waals surface area (Å²) in [6.07, 6.45) is 14.9. The fourth-order valence-electron chi connectivity index (χ4n) is 4.07. The SMILES string of the molecule is CCCC1CCC(O)C(CCC2CCCC2)C1. The molecule has 0 aromatic rings. The van der Waals surface area contributed by atoms with Crippen molar-refractivity contribution in [2.24, 2.45) is 17.8 Å². The molecule has 100 valence electrons. The first-order valence-electron chi connectivity index (χ1n) is 7.97. The topological polar surface area (TPSA) is 20.2 Å². The van der Waals surface area contributed by atoms with Crippen molar-refractivity contribution in [3.8, 4) is 0 Å². The molecule has 2 aliphatic rings. The average Bonchev–Trinajstić information content (AvgIpc) is 2.83. The van der Waals surface area contributed by atoms with Gasteiger partial charge in [0.1, 0.15) is 0 Å². The summed E-state index contributed by atoms with van der Waals surface area (Å²) in [5, 5.41) is 10.1. The average molecular weight is 238 g/mol. The van der Waals surface area contributed by atoms with Crippen molar-refractivity contribution < 1.29 is 5.11 Å². The standard InChI is InChI=1S/C16H30O/c1-2-5-14-9-11-16(17)15(12-14)10-8-13-6-3-4-7-13/h13-17H,2-12H2,1H3. The summed E-state index contributed by atoms with van der Waals surface area (Å²) in [7, 11) is 0. The van der Waals surface area contributed by atoms with Gasteiger partial charge in [-0.3, -0.25) is 0 Å². The maximum atomic E-state index is 10.1. The van der Waals surface area contributed by atoms with Crippen LogP contribution in [0.1, 0.15) is 77.6 Å². The van der Waals surface area contributed by atoms with Crippen LogP contribution in [0.2, 0.25) is 0 Å². The lowest BCUT2D eigenvalue weighted by atomic mass is 9.75. The Morgan fingerprint density at radius 3 is 2.35 bits per heavy atom. The first-order chi connectivity index (χ1) is 8.29. The smallest absolute Gasteiger partial charge is 0.0568 e. The van der Waals surface area contributed by atoms with Crippen molar-refractivity contribution in [1.82, 2.24) is 0 Å². The van der Waals surface area contributed by atoms with E-state index in [-0.39, 0.29) is 6.10 Å². The molecule has 0 aromatic heterocycles. The van der Waals surface area contributed by atoms with Crippen molar-refractivity contribution in [3.63, 3.8) is 0 Å². The fourth-order valence-corrected chi connectivity index (χ4v) is 4.07. The molecule has 0 heterocycles. The Kier molecular flexibility index (Phi) is 5.34. The number of hydrogen-bond acceptors (Lipinski definition) is 1. The summed E-state index contributed by atoms with van der Waals surface area (Å²) in [6, 6.07) is 0. The normalized spacial score (nSPS) is 35.3. The first kappa shape index (κ1) is 13.4. The highest BCUT2D eigenvalue weighted by Gasteiger charge is 2.29. The van der Waals surface area contributed by atoms with E-state index in [4.69, 9.17) is 0 Å². The van der Waals surface area contributed by atoms with Gasteiger partial charge >= 0.3 is 0 Å². The third-order valence-electron chi connectivity index (χ3n) is 5.17. The van der Waals surface area contributed by atoms with Crippen molar-refractivity contribution in [1.29, 1.82) is 0 Å². The van der Waals surface area contributed by atoms with E-state index in [1.54, 1.807) is 0 Å². The molecule has 2 saturated carbocycles. The second-order valence-corrected chi connectivity index (χ2v) is 6.52. The first-order valence-corrected chi connectivity index (χ1v) is 7.97. The van der Waals surface area contributed by atoms with E-state index < -0.39 is 0 Å². The minimum absolute atomic E-state index is 0.0181. The largest absolute Gasteiger partial charge is 0.393 e. The molecule has 0 spiro atoms. The van der Waals surface area contributed by atoms with Crippen LogP contribution >= 0.6 is 0 Å². The summed E-state index contributed by atoms with van der Waals surface area (Å²) >= 11 is 0. The zero-order valence-corrected chi connectivity index (χ0v) is 11.5. The molecular weight excluding hydrogens is 208 g/mol. The van der Waals surface area contributed by atoms with Crippen LogP contribution in [0, 0.1) is 17.8 Å². The summed E-state index contributed by atoms with van der Waals surface area (Å²) in [6.45, 7) is 2.29. The quantitative estimate of drug-likeness (QED) is 0.746. The summed E-state index contributed by atoms with van der Waals surface area (Å²) in [5.74, 6) is 2.53. The third-order valence-corrected chi connectivity index (χ3v) is 5.17. The number of hydrogen-bond donors (Lipinski definition) is 1. The van der Waals surface area contributed by atoms with Gasteiger partial charge in [0.25, 0.3) is 0 Å². The van der Waals surface area contributed by atoms with Crippen molar-refractivity contribution in [2.45, 2.75) is 83.7 Å². The van der Waals surface area contributed by atoms with Crippen LogP contribution in [-0.4, -0.2) is 11.2 Å². The van der Waals surface area contributed by atoms with Crippen LogP contribution in [0.25, 0.3) is 0 Å². The molecule has 0 bridgehead atoms. The van der Waals surface area contributed by atoms with Gasteiger partial charge in [-0.2, -0.15) is 0 Å². The minimum atomic E-state index is 0.0181. The molecule has 2 fully saturated rings.